The molecule has 0 aliphatic rings. The van der Waals surface area contributed by atoms with Crippen LogP contribution in [0.5, 0.6) is 11.5 Å². The summed E-state index contributed by atoms with van der Waals surface area (Å²) in [6.45, 7) is 6.83. The first-order chi connectivity index (χ1) is 17.7. The number of benzene rings is 2. The lowest BCUT2D eigenvalue weighted by molar-refractivity contribution is -0.150. The summed E-state index contributed by atoms with van der Waals surface area (Å²) in [5.74, 6) is -2.67. The lowest BCUT2D eigenvalue weighted by atomic mass is 10.1. The van der Waals surface area contributed by atoms with Crippen LogP contribution in [-0.4, -0.2) is 37.0 Å². The maximum absolute atomic E-state index is 15.5. The number of carbonyl (C=O) groups excluding carboxylic acids is 1. The van der Waals surface area contributed by atoms with E-state index in [2.05, 4.69) is 20.1 Å². The average molecular weight is 544 g/mol. The molecule has 188 valence electrons. The molecule has 0 aliphatic heterocycles. The molecule has 2 heterocycles. The molecule has 0 fully saturated rings. The molecule has 1 N–H and O–H groups in total. The highest BCUT2D eigenvalue weighted by atomic mass is 35.5. The van der Waals surface area contributed by atoms with Crippen LogP contribution in [0.2, 0.25) is 10.0 Å². The highest BCUT2D eigenvalue weighted by Crippen LogP contribution is 2.37. The summed E-state index contributed by atoms with van der Waals surface area (Å²) >= 11 is 12.2. The zero-order valence-corrected chi connectivity index (χ0v) is 20.3. The molecule has 4 aromatic rings. The summed E-state index contributed by atoms with van der Waals surface area (Å²) in [6.07, 6.45) is 0.788. The van der Waals surface area contributed by atoms with Gasteiger partial charge in [-0.2, -0.15) is 10.2 Å². The normalized spacial score (nSPS) is 10.8. The van der Waals surface area contributed by atoms with Crippen molar-refractivity contribution in [1.29, 1.82) is 0 Å². The number of carboxylic acids is 1. The lowest BCUT2D eigenvalue weighted by Gasteiger charge is -2.12. The van der Waals surface area contributed by atoms with Crippen LogP contribution >= 0.6 is 23.2 Å². The summed E-state index contributed by atoms with van der Waals surface area (Å²) in [4.78, 5) is 25.8. The van der Waals surface area contributed by atoms with Gasteiger partial charge < -0.3 is 14.6 Å². The van der Waals surface area contributed by atoms with Crippen LogP contribution in [0.4, 0.5) is 10.1 Å². The number of ether oxygens (including phenoxy) is 2. The van der Waals surface area contributed by atoms with Crippen LogP contribution in [0.15, 0.2) is 42.6 Å². The Labute approximate surface area is 219 Å². The van der Waals surface area contributed by atoms with Gasteiger partial charge in [0.2, 0.25) is 0 Å². The van der Waals surface area contributed by atoms with E-state index >= 15 is 4.39 Å². The van der Waals surface area contributed by atoms with E-state index in [-0.39, 0.29) is 58.8 Å². The van der Waals surface area contributed by atoms with Crippen molar-refractivity contribution in [3.05, 3.63) is 81.1 Å². The van der Waals surface area contributed by atoms with Gasteiger partial charge >= 0.3 is 11.9 Å². The van der Waals surface area contributed by atoms with E-state index in [9.17, 15) is 9.59 Å². The number of aliphatic carboxylic acids is 1. The molecule has 2 aromatic carbocycles. The number of carboxylic acid groups (broad SMARTS) is 1. The number of fused-ring (bicyclic) bond motifs is 1. The number of hydrogen-bond acceptors (Lipinski definition) is 7. The van der Waals surface area contributed by atoms with Gasteiger partial charge in [0.25, 0.3) is 0 Å². The number of halogens is 3. The van der Waals surface area contributed by atoms with E-state index in [1.54, 1.807) is 6.07 Å². The Morgan fingerprint density at radius 2 is 1.97 bits per heavy atom. The number of hydrogen-bond donors (Lipinski definition) is 1. The molecule has 0 atom stereocenters. The Bertz CT molecular complexity index is 1550. The van der Waals surface area contributed by atoms with E-state index in [0.29, 0.717) is 16.7 Å². The van der Waals surface area contributed by atoms with E-state index in [0.717, 1.165) is 0 Å². The predicted octanol–water partition coefficient (Wildman–Crippen LogP) is 5.57. The Hall–Kier alpha value is -4.27. The Morgan fingerprint density at radius 3 is 2.73 bits per heavy atom. The topological polar surface area (TPSA) is 121 Å². The third kappa shape index (κ3) is 6.11. The Balaban J connectivity index is 1.60. The van der Waals surface area contributed by atoms with Crippen molar-refractivity contribution in [2.75, 3.05) is 0 Å². The number of aromatic nitrogens is 4. The van der Waals surface area contributed by atoms with Crippen LogP contribution in [-0.2, 0) is 27.5 Å². The molecule has 2 aromatic heterocycles. The molecule has 0 radical (unpaired) electrons. The van der Waals surface area contributed by atoms with Gasteiger partial charge in [-0.1, -0.05) is 29.3 Å². The quantitative estimate of drug-likeness (QED) is 0.215. The van der Waals surface area contributed by atoms with Crippen LogP contribution in [0, 0.1) is 12.4 Å². The fourth-order valence-electron chi connectivity index (χ4n) is 3.40. The van der Waals surface area contributed by atoms with Gasteiger partial charge in [0, 0.05) is 16.8 Å². The second kappa shape index (κ2) is 11.2. The first-order valence-corrected chi connectivity index (χ1v) is 11.4. The van der Waals surface area contributed by atoms with Crippen molar-refractivity contribution < 1.29 is 28.6 Å². The number of carbonyl (C=O) groups is 2. The number of nitrogens with zero attached hydrogens (tertiary/aromatic N) is 5. The molecule has 0 unspecified atom stereocenters. The Kier molecular flexibility index (Phi) is 7.81. The Morgan fingerprint density at radius 1 is 1.16 bits per heavy atom. The first kappa shape index (κ1) is 25.8. The molecule has 10 nitrogen and oxygen atoms in total. The second-order valence-electron chi connectivity index (χ2n) is 7.64. The molecule has 0 aliphatic carbocycles. The fraction of sp³-hybridized carbons (Fsp3) is 0.167. The SMILES string of the molecule is [C-]#[N+]c1cc(Cl)cc(Oc2c(Cl)ccc(Cc3nn(COC(=O)CCC(=O)O)c4nnccc34)c2F)c1. The predicted molar refractivity (Wildman–Crippen MR) is 130 cm³/mol. The van der Waals surface area contributed by atoms with Gasteiger partial charge in [-0.15, -0.1) is 5.10 Å². The highest BCUT2D eigenvalue weighted by Gasteiger charge is 2.20. The van der Waals surface area contributed by atoms with Crippen LogP contribution in [0.1, 0.15) is 24.1 Å². The van der Waals surface area contributed by atoms with Crippen molar-refractivity contribution in [3.63, 3.8) is 0 Å². The zero-order chi connectivity index (χ0) is 26.5. The van der Waals surface area contributed by atoms with Crippen LogP contribution in [0.3, 0.4) is 0 Å². The average Bonchev–Trinajstić information content (AvgIpc) is 3.22. The molecular weight excluding hydrogens is 528 g/mol. The molecule has 4 rings (SSSR count). The molecular formula is C24H16Cl2FN5O5. The minimum atomic E-state index is -1.12. The van der Waals surface area contributed by atoms with Gasteiger partial charge in [0.15, 0.2) is 29.6 Å². The standard InChI is InChI=1S/C24H16Cl2FN5O5/c1-28-15-9-14(25)10-16(11-15)37-23-18(26)3-2-13(22(23)27)8-19-17-6-7-29-30-24(17)32(31-19)12-36-21(35)5-4-20(33)34/h2-3,6-7,9-11H,4-5,8,12H2,(H,33,34). The fourth-order valence-corrected chi connectivity index (χ4v) is 3.80. The summed E-state index contributed by atoms with van der Waals surface area (Å²) in [6, 6.07) is 8.88. The van der Waals surface area contributed by atoms with Crippen molar-refractivity contribution >= 4 is 51.9 Å². The largest absolute Gasteiger partial charge is 0.481 e. The third-order valence-corrected chi connectivity index (χ3v) is 5.60. The van der Waals surface area contributed by atoms with Crippen molar-refractivity contribution in [3.8, 4) is 11.5 Å². The minimum absolute atomic E-state index is 0.00433. The lowest BCUT2D eigenvalue weighted by Crippen LogP contribution is -2.12. The molecule has 0 saturated heterocycles. The van der Waals surface area contributed by atoms with E-state index in [4.69, 9.17) is 44.4 Å². The van der Waals surface area contributed by atoms with Crippen LogP contribution < -0.4 is 4.74 Å². The molecule has 37 heavy (non-hydrogen) atoms. The molecule has 0 amide bonds. The maximum atomic E-state index is 15.5. The number of rotatable bonds is 9. The van der Waals surface area contributed by atoms with Gasteiger partial charge in [-0.3, -0.25) is 9.59 Å². The second-order valence-corrected chi connectivity index (χ2v) is 8.48. The molecule has 0 bridgehead atoms. The van der Waals surface area contributed by atoms with Gasteiger partial charge in [-0.25, -0.2) is 13.9 Å². The highest BCUT2D eigenvalue weighted by molar-refractivity contribution is 6.32. The summed E-state index contributed by atoms with van der Waals surface area (Å²) in [5.41, 5.74) is 1.13. The van der Waals surface area contributed by atoms with E-state index < -0.39 is 17.8 Å². The van der Waals surface area contributed by atoms with Gasteiger partial charge in [0.05, 0.1) is 36.3 Å². The zero-order valence-electron chi connectivity index (χ0n) is 18.8. The number of esters is 1. The summed E-state index contributed by atoms with van der Waals surface area (Å²) in [5, 5.41) is 21.7. The van der Waals surface area contributed by atoms with Crippen molar-refractivity contribution in [2.45, 2.75) is 26.0 Å². The van der Waals surface area contributed by atoms with Gasteiger partial charge in [-0.05, 0) is 35.9 Å². The van der Waals surface area contributed by atoms with Gasteiger partial charge in [0.1, 0.15) is 5.75 Å². The van der Waals surface area contributed by atoms with Crippen LogP contribution in [0.25, 0.3) is 15.9 Å². The van der Waals surface area contributed by atoms with Crippen molar-refractivity contribution in [1.82, 2.24) is 20.0 Å². The smallest absolute Gasteiger partial charge is 0.308 e. The first-order valence-electron chi connectivity index (χ1n) is 10.6. The molecule has 0 spiro atoms. The molecule has 0 saturated carbocycles. The molecule has 13 heteroatoms. The third-order valence-electron chi connectivity index (χ3n) is 5.08. The van der Waals surface area contributed by atoms with E-state index in [1.807, 2.05) is 0 Å². The minimum Gasteiger partial charge on any atom is -0.481 e. The van der Waals surface area contributed by atoms with E-state index in [1.165, 1.54) is 41.2 Å². The monoisotopic (exact) mass is 543 g/mol. The van der Waals surface area contributed by atoms with Crippen molar-refractivity contribution in [2.24, 2.45) is 0 Å². The maximum Gasteiger partial charge on any atom is 0.308 e. The summed E-state index contributed by atoms with van der Waals surface area (Å²) < 4.78 is 27.5. The summed E-state index contributed by atoms with van der Waals surface area (Å²) in [7, 11) is 0.